The smallest absolute Gasteiger partial charge is 0.387 e. The molecule has 150 valence electrons. The molecule has 0 radical (unpaired) electrons. The summed E-state index contributed by atoms with van der Waals surface area (Å²) in [7, 11) is 0. The normalized spacial score (nSPS) is 19.4. The van der Waals surface area contributed by atoms with Crippen LogP contribution < -0.4 is 10.1 Å². The van der Waals surface area contributed by atoms with Gasteiger partial charge in [-0.1, -0.05) is 0 Å². The molecule has 2 heterocycles. The van der Waals surface area contributed by atoms with Gasteiger partial charge in [-0.3, -0.25) is 9.78 Å². The van der Waals surface area contributed by atoms with Crippen molar-refractivity contribution in [3.8, 4) is 5.75 Å². The highest BCUT2D eigenvalue weighted by Crippen LogP contribution is 2.35. The Kier molecular flexibility index (Phi) is 5.11. The first-order valence-corrected chi connectivity index (χ1v) is 9.07. The summed E-state index contributed by atoms with van der Waals surface area (Å²) in [5.41, 5.74) is 0.520. The number of ether oxygens (including phenoxy) is 3. The first kappa shape index (κ1) is 18.9. The van der Waals surface area contributed by atoms with Crippen molar-refractivity contribution in [3.05, 3.63) is 35.8 Å². The molecule has 1 spiro atoms. The van der Waals surface area contributed by atoms with Crippen LogP contribution in [0.15, 0.2) is 24.4 Å². The van der Waals surface area contributed by atoms with Gasteiger partial charge in [0.25, 0.3) is 5.91 Å². The maximum absolute atomic E-state index is 13.9. The fourth-order valence-electron chi connectivity index (χ4n) is 3.70. The summed E-state index contributed by atoms with van der Waals surface area (Å²) in [6.45, 7) is -1.94. The van der Waals surface area contributed by atoms with Crippen molar-refractivity contribution in [2.45, 2.75) is 44.1 Å². The van der Waals surface area contributed by atoms with E-state index in [1.165, 1.54) is 12.3 Å². The number of halogens is 3. The van der Waals surface area contributed by atoms with Gasteiger partial charge in [-0.15, -0.1) is 0 Å². The van der Waals surface area contributed by atoms with Crippen molar-refractivity contribution >= 4 is 16.8 Å². The zero-order chi connectivity index (χ0) is 19.7. The van der Waals surface area contributed by atoms with E-state index < -0.39 is 24.0 Å². The lowest BCUT2D eigenvalue weighted by Gasteiger charge is -2.35. The number of rotatable bonds is 4. The van der Waals surface area contributed by atoms with E-state index in [-0.39, 0.29) is 23.0 Å². The molecule has 1 aliphatic carbocycles. The topological polar surface area (TPSA) is 69.7 Å². The quantitative estimate of drug-likeness (QED) is 0.858. The van der Waals surface area contributed by atoms with Crippen LogP contribution in [0.25, 0.3) is 10.9 Å². The fourth-order valence-corrected chi connectivity index (χ4v) is 3.70. The second kappa shape index (κ2) is 7.56. The van der Waals surface area contributed by atoms with Crippen molar-refractivity contribution in [1.29, 1.82) is 0 Å². The maximum atomic E-state index is 13.9. The zero-order valence-electron chi connectivity index (χ0n) is 14.9. The largest absolute Gasteiger partial charge is 0.432 e. The molecular weight excluding hydrogens is 377 g/mol. The highest BCUT2D eigenvalue weighted by molar-refractivity contribution is 5.97. The summed E-state index contributed by atoms with van der Waals surface area (Å²) in [5, 5.41) is 3.27. The molecule has 2 fully saturated rings. The molecule has 1 aromatic heterocycles. The predicted octanol–water partition coefficient (Wildman–Crippen LogP) is 3.39. The minimum absolute atomic E-state index is 0.0137. The van der Waals surface area contributed by atoms with E-state index in [1.807, 2.05) is 0 Å². The Morgan fingerprint density at radius 3 is 2.61 bits per heavy atom. The van der Waals surface area contributed by atoms with Gasteiger partial charge in [0.15, 0.2) is 17.4 Å². The summed E-state index contributed by atoms with van der Waals surface area (Å²) in [5.74, 6) is -2.35. The second-order valence-corrected chi connectivity index (χ2v) is 6.93. The van der Waals surface area contributed by atoms with E-state index in [1.54, 1.807) is 0 Å². The first-order valence-electron chi connectivity index (χ1n) is 9.07. The number of hydrogen-bond acceptors (Lipinski definition) is 5. The van der Waals surface area contributed by atoms with Crippen LogP contribution in [0.2, 0.25) is 0 Å². The van der Waals surface area contributed by atoms with Crippen molar-refractivity contribution in [1.82, 2.24) is 10.3 Å². The Hall–Kier alpha value is -2.39. The summed E-state index contributed by atoms with van der Waals surface area (Å²) in [6.07, 6.45) is 4.22. The fraction of sp³-hybridized carbons (Fsp3) is 0.474. The summed E-state index contributed by atoms with van der Waals surface area (Å²) in [6, 6.07) is 3.57. The van der Waals surface area contributed by atoms with Crippen LogP contribution in [0.4, 0.5) is 13.2 Å². The van der Waals surface area contributed by atoms with E-state index in [0.29, 0.717) is 31.4 Å². The van der Waals surface area contributed by atoms with Crippen LogP contribution in [0.1, 0.15) is 36.0 Å². The number of fused-ring (bicyclic) bond motifs is 1. The number of alkyl halides is 2. The molecule has 0 bridgehead atoms. The number of carbonyl (C=O) groups excluding carboxylic acids is 1. The average molecular weight is 396 g/mol. The van der Waals surface area contributed by atoms with Gasteiger partial charge in [0, 0.05) is 36.5 Å². The predicted molar refractivity (Wildman–Crippen MR) is 92.7 cm³/mol. The number of carbonyl (C=O) groups is 1. The third kappa shape index (κ3) is 3.90. The third-order valence-corrected chi connectivity index (χ3v) is 5.11. The molecule has 1 amide bonds. The number of nitrogens with zero attached hydrogens (tertiary/aromatic N) is 1. The molecule has 9 heteroatoms. The Morgan fingerprint density at radius 1 is 1.21 bits per heavy atom. The van der Waals surface area contributed by atoms with Gasteiger partial charge >= 0.3 is 6.61 Å². The maximum Gasteiger partial charge on any atom is 0.387 e. The standard InChI is InChI=1S/C19H19F3N2O4/c20-14-8-11-7-12(10-23-15(11)9-16(14)28-18(21)22)17(25)24-13-1-3-19(4-2-13)26-5-6-27-19/h7-10,13,18H,1-6H2,(H,24,25). The average Bonchev–Trinajstić information content (AvgIpc) is 3.12. The lowest BCUT2D eigenvalue weighted by Crippen LogP contribution is -2.44. The highest BCUT2D eigenvalue weighted by atomic mass is 19.3. The number of nitrogens with one attached hydrogen (secondary N) is 1. The van der Waals surface area contributed by atoms with Crippen LogP contribution in [-0.2, 0) is 9.47 Å². The van der Waals surface area contributed by atoms with Crippen molar-refractivity contribution < 1.29 is 32.2 Å². The van der Waals surface area contributed by atoms with Gasteiger partial charge in [-0.2, -0.15) is 8.78 Å². The van der Waals surface area contributed by atoms with E-state index in [2.05, 4.69) is 15.0 Å². The van der Waals surface area contributed by atoms with E-state index in [0.717, 1.165) is 25.0 Å². The van der Waals surface area contributed by atoms with Crippen LogP contribution in [-0.4, -0.2) is 42.5 Å². The Balaban J connectivity index is 1.44. The SMILES string of the molecule is O=C(NC1CCC2(CC1)OCCO2)c1cnc2cc(OC(F)F)c(F)cc2c1. The van der Waals surface area contributed by atoms with Gasteiger partial charge in [-0.05, 0) is 25.0 Å². The highest BCUT2D eigenvalue weighted by Gasteiger charge is 2.40. The van der Waals surface area contributed by atoms with Gasteiger partial charge in [0.1, 0.15) is 0 Å². The van der Waals surface area contributed by atoms with Crippen molar-refractivity contribution in [2.75, 3.05) is 13.2 Å². The number of aromatic nitrogens is 1. The molecular formula is C19H19F3N2O4. The minimum atomic E-state index is -3.13. The first-order chi connectivity index (χ1) is 13.4. The molecule has 4 rings (SSSR count). The van der Waals surface area contributed by atoms with Crippen molar-refractivity contribution in [2.24, 2.45) is 0 Å². The molecule has 1 aromatic carbocycles. The molecule has 2 aliphatic rings. The second-order valence-electron chi connectivity index (χ2n) is 6.93. The van der Waals surface area contributed by atoms with Crippen LogP contribution in [0.3, 0.4) is 0 Å². The van der Waals surface area contributed by atoms with Gasteiger partial charge in [-0.25, -0.2) is 4.39 Å². The van der Waals surface area contributed by atoms with E-state index in [9.17, 15) is 18.0 Å². The van der Waals surface area contributed by atoms with E-state index in [4.69, 9.17) is 9.47 Å². The number of amides is 1. The van der Waals surface area contributed by atoms with Crippen molar-refractivity contribution in [3.63, 3.8) is 0 Å². The molecule has 1 aliphatic heterocycles. The van der Waals surface area contributed by atoms with Gasteiger partial charge in [0.2, 0.25) is 0 Å². The lowest BCUT2D eigenvalue weighted by molar-refractivity contribution is -0.179. The lowest BCUT2D eigenvalue weighted by atomic mass is 9.90. The molecule has 1 saturated heterocycles. The Labute approximate surface area is 159 Å². The molecule has 1 N–H and O–H groups in total. The number of pyridine rings is 1. The Bertz CT molecular complexity index is 877. The number of hydrogen-bond donors (Lipinski definition) is 1. The monoisotopic (exact) mass is 396 g/mol. The van der Waals surface area contributed by atoms with Crippen LogP contribution >= 0.6 is 0 Å². The molecule has 28 heavy (non-hydrogen) atoms. The summed E-state index contributed by atoms with van der Waals surface area (Å²) < 4.78 is 54.0. The molecule has 0 atom stereocenters. The van der Waals surface area contributed by atoms with Gasteiger partial charge < -0.3 is 19.5 Å². The molecule has 1 saturated carbocycles. The number of benzene rings is 1. The minimum Gasteiger partial charge on any atom is -0.432 e. The molecule has 0 unspecified atom stereocenters. The zero-order valence-corrected chi connectivity index (χ0v) is 14.9. The Morgan fingerprint density at radius 2 is 1.93 bits per heavy atom. The van der Waals surface area contributed by atoms with E-state index >= 15 is 0 Å². The van der Waals surface area contributed by atoms with Crippen LogP contribution in [0.5, 0.6) is 5.75 Å². The third-order valence-electron chi connectivity index (χ3n) is 5.11. The van der Waals surface area contributed by atoms with Crippen LogP contribution in [0, 0.1) is 5.82 Å². The molecule has 2 aromatic rings. The summed E-state index contributed by atoms with van der Waals surface area (Å²) >= 11 is 0. The molecule has 6 nitrogen and oxygen atoms in total. The summed E-state index contributed by atoms with van der Waals surface area (Å²) in [4.78, 5) is 16.6. The van der Waals surface area contributed by atoms with Gasteiger partial charge in [0.05, 0.1) is 24.3 Å².